The zero-order chi connectivity index (χ0) is 19.3. The molecule has 1 aromatic heterocycles. The number of fused-ring (bicyclic) bond motifs is 1. The van der Waals surface area contributed by atoms with Crippen molar-refractivity contribution >= 4 is 5.82 Å². The smallest absolute Gasteiger partial charge is 0.161 e. The van der Waals surface area contributed by atoms with E-state index in [0.29, 0.717) is 6.61 Å². The summed E-state index contributed by atoms with van der Waals surface area (Å²) in [5.74, 6) is 2.71. The Balaban J connectivity index is 1.34. The molecular weight excluding hydrogens is 346 g/mol. The topological polar surface area (TPSA) is 38.2 Å². The van der Waals surface area contributed by atoms with Gasteiger partial charge in [0.15, 0.2) is 5.82 Å². The van der Waals surface area contributed by atoms with Crippen LogP contribution in [0.5, 0.6) is 5.75 Å². The van der Waals surface area contributed by atoms with Crippen molar-refractivity contribution in [3.8, 4) is 17.1 Å². The van der Waals surface area contributed by atoms with Crippen molar-refractivity contribution in [1.29, 1.82) is 0 Å². The van der Waals surface area contributed by atoms with Crippen LogP contribution in [0.1, 0.15) is 23.1 Å². The molecule has 28 heavy (non-hydrogen) atoms. The Morgan fingerprint density at radius 2 is 1.86 bits per heavy atom. The van der Waals surface area contributed by atoms with Gasteiger partial charge < -0.3 is 9.64 Å². The minimum atomic E-state index is 0.697. The van der Waals surface area contributed by atoms with Crippen LogP contribution in [0.4, 0.5) is 5.82 Å². The maximum Gasteiger partial charge on any atom is 0.161 e. The highest BCUT2D eigenvalue weighted by Crippen LogP contribution is 2.26. The predicted molar refractivity (Wildman–Crippen MR) is 114 cm³/mol. The van der Waals surface area contributed by atoms with Crippen LogP contribution in [-0.4, -0.2) is 30.2 Å². The second-order valence-electron chi connectivity index (χ2n) is 7.32. The molecule has 0 atom stereocenters. The Kier molecular flexibility index (Phi) is 5.56. The summed E-state index contributed by atoms with van der Waals surface area (Å²) in [6.07, 6.45) is 7.30. The van der Waals surface area contributed by atoms with Crippen molar-refractivity contribution in [2.75, 3.05) is 25.1 Å². The van der Waals surface area contributed by atoms with Crippen LogP contribution in [0.15, 0.2) is 54.7 Å². The van der Waals surface area contributed by atoms with E-state index >= 15 is 0 Å². The van der Waals surface area contributed by atoms with E-state index in [1.807, 2.05) is 36.5 Å². The monoisotopic (exact) mass is 372 g/mol. The molecule has 0 fully saturated rings. The maximum atomic E-state index is 5.97. The number of hydrogen-bond donors (Lipinski definition) is 0. The van der Waals surface area contributed by atoms with Crippen molar-refractivity contribution in [2.45, 2.75) is 26.2 Å². The fraction of sp³-hybridized carbons (Fsp3) is 0.292. The van der Waals surface area contributed by atoms with Crippen molar-refractivity contribution in [1.82, 2.24) is 9.97 Å². The number of aryl methyl sites for hydroxylation is 1. The van der Waals surface area contributed by atoms with E-state index in [1.165, 1.54) is 11.1 Å². The number of ether oxygens (including phenoxy) is 1. The second-order valence-corrected chi connectivity index (χ2v) is 7.32. The molecule has 4 rings (SSSR count). The Hall–Kier alpha value is -2.88. The van der Waals surface area contributed by atoms with Gasteiger partial charge in [0.05, 0.1) is 6.61 Å². The molecule has 0 bridgehead atoms. The molecule has 0 saturated carbocycles. The van der Waals surface area contributed by atoms with E-state index in [9.17, 15) is 0 Å². The second kappa shape index (κ2) is 8.42. The van der Waals surface area contributed by atoms with Crippen LogP contribution in [-0.2, 0) is 12.8 Å². The van der Waals surface area contributed by atoms with Gasteiger partial charge >= 0.3 is 0 Å². The molecule has 4 nitrogen and oxygen atoms in total. The third-order valence-electron chi connectivity index (χ3n) is 5.15. The van der Waals surface area contributed by atoms with Crippen LogP contribution in [0.2, 0.25) is 0 Å². The number of aromatic nitrogens is 2. The summed E-state index contributed by atoms with van der Waals surface area (Å²) < 4.78 is 5.97. The maximum absolute atomic E-state index is 5.97. The van der Waals surface area contributed by atoms with Gasteiger partial charge in [-0.3, -0.25) is 0 Å². The Morgan fingerprint density at radius 1 is 1.04 bits per heavy atom. The van der Waals surface area contributed by atoms with Gasteiger partial charge in [-0.2, -0.15) is 0 Å². The summed E-state index contributed by atoms with van der Waals surface area (Å²) in [4.78, 5) is 11.5. The molecule has 0 saturated heterocycles. The lowest BCUT2D eigenvalue weighted by Gasteiger charge is -2.20. The van der Waals surface area contributed by atoms with E-state index in [-0.39, 0.29) is 0 Å². The zero-order valence-corrected chi connectivity index (χ0v) is 16.6. The third-order valence-corrected chi connectivity index (χ3v) is 5.15. The van der Waals surface area contributed by atoms with Gasteiger partial charge in [0.25, 0.3) is 0 Å². The van der Waals surface area contributed by atoms with Gasteiger partial charge in [-0.25, -0.2) is 9.97 Å². The van der Waals surface area contributed by atoms with Crippen LogP contribution in [0.3, 0.4) is 0 Å². The summed E-state index contributed by atoms with van der Waals surface area (Å²) in [6.45, 7) is 3.63. The van der Waals surface area contributed by atoms with E-state index in [0.717, 1.165) is 54.3 Å². The van der Waals surface area contributed by atoms with Gasteiger partial charge in [0.2, 0.25) is 0 Å². The normalized spacial score (nSPS) is 12.6. The predicted octanol–water partition coefficient (Wildman–Crippen LogP) is 4.66. The number of anilines is 1. The van der Waals surface area contributed by atoms with Gasteiger partial charge in [0.1, 0.15) is 11.6 Å². The van der Waals surface area contributed by atoms with E-state index in [2.05, 4.69) is 48.5 Å². The first-order chi connectivity index (χ1) is 13.7. The van der Waals surface area contributed by atoms with Crippen LogP contribution in [0.25, 0.3) is 11.4 Å². The largest absolute Gasteiger partial charge is 0.494 e. The zero-order valence-electron chi connectivity index (χ0n) is 16.6. The summed E-state index contributed by atoms with van der Waals surface area (Å²) in [7, 11) is 2.08. The summed E-state index contributed by atoms with van der Waals surface area (Å²) in [5.41, 5.74) is 4.95. The standard InChI is InChI=1S/C24H26N3O/c1-18-17-25-23(20-8-4-3-5-9-20)26-24(18)27(2)14-7-15-28-22-13-12-19-10-6-11-21(19)16-22/h3-6,8-9,12-13,16-17H,7,10-11,14-15H2,1-2H3. The van der Waals surface area contributed by atoms with Crippen LogP contribution < -0.4 is 9.64 Å². The molecule has 0 amide bonds. The highest BCUT2D eigenvalue weighted by Gasteiger charge is 2.12. The SMILES string of the molecule is Cc1cnc(-c2ccccc2)nc1N(C)CCCOc1ccc2c(c1)C[CH]C2. The lowest BCUT2D eigenvalue weighted by atomic mass is 10.1. The minimum Gasteiger partial charge on any atom is -0.494 e. The van der Waals surface area contributed by atoms with Gasteiger partial charge in [-0.1, -0.05) is 36.4 Å². The molecule has 0 N–H and O–H groups in total. The average Bonchev–Trinajstić information content (AvgIpc) is 3.20. The fourth-order valence-electron chi connectivity index (χ4n) is 3.61. The third kappa shape index (κ3) is 4.16. The Morgan fingerprint density at radius 3 is 2.71 bits per heavy atom. The quantitative estimate of drug-likeness (QED) is 0.566. The molecular formula is C24H26N3O. The first kappa shape index (κ1) is 18.5. The number of hydrogen-bond acceptors (Lipinski definition) is 4. The van der Waals surface area contributed by atoms with Crippen molar-refractivity contribution in [3.05, 3.63) is 77.8 Å². The highest BCUT2D eigenvalue weighted by atomic mass is 16.5. The number of rotatable bonds is 7. The van der Waals surface area contributed by atoms with E-state index in [1.54, 1.807) is 0 Å². The lowest BCUT2D eigenvalue weighted by Crippen LogP contribution is -2.22. The molecule has 1 heterocycles. The average molecular weight is 372 g/mol. The summed E-state index contributed by atoms with van der Waals surface area (Å²) in [6, 6.07) is 16.6. The van der Waals surface area contributed by atoms with E-state index in [4.69, 9.17) is 9.72 Å². The molecule has 143 valence electrons. The van der Waals surface area contributed by atoms with E-state index < -0.39 is 0 Å². The van der Waals surface area contributed by atoms with Crippen molar-refractivity contribution < 1.29 is 4.74 Å². The fourth-order valence-corrected chi connectivity index (χ4v) is 3.61. The molecule has 0 unspecified atom stereocenters. The molecule has 0 aliphatic heterocycles. The van der Waals surface area contributed by atoms with Crippen molar-refractivity contribution in [3.63, 3.8) is 0 Å². The van der Waals surface area contributed by atoms with Crippen LogP contribution >= 0.6 is 0 Å². The number of benzene rings is 2. The van der Waals surface area contributed by atoms with Gasteiger partial charge in [-0.15, -0.1) is 0 Å². The highest BCUT2D eigenvalue weighted by molar-refractivity contribution is 5.58. The first-order valence-electron chi connectivity index (χ1n) is 9.87. The minimum absolute atomic E-state index is 0.697. The molecule has 2 aromatic carbocycles. The van der Waals surface area contributed by atoms with Crippen LogP contribution in [0, 0.1) is 13.3 Å². The Labute approximate surface area is 167 Å². The summed E-state index contributed by atoms with van der Waals surface area (Å²) >= 11 is 0. The number of nitrogens with zero attached hydrogens (tertiary/aromatic N) is 3. The van der Waals surface area contributed by atoms with Gasteiger partial charge in [0, 0.05) is 30.9 Å². The molecule has 4 heteroatoms. The molecule has 1 aliphatic rings. The van der Waals surface area contributed by atoms with Gasteiger partial charge in [-0.05, 0) is 55.9 Å². The lowest BCUT2D eigenvalue weighted by molar-refractivity contribution is 0.312. The van der Waals surface area contributed by atoms with Crippen molar-refractivity contribution in [2.24, 2.45) is 0 Å². The molecule has 1 aliphatic carbocycles. The molecule has 0 spiro atoms. The molecule has 3 aromatic rings. The Bertz CT molecular complexity index is 940. The molecule has 1 radical (unpaired) electrons. The summed E-state index contributed by atoms with van der Waals surface area (Å²) in [5, 5.41) is 0. The first-order valence-corrected chi connectivity index (χ1v) is 9.87.